The summed E-state index contributed by atoms with van der Waals surface area (Å²) in [5.41, 5.74) is 7.57. The van der Waals surface area contributed by atoms with E-state index >= 15 is 0 Å². The summed E-state index contributed by atoms with van der Waals surface area (Å²) in [6, 6.07) is 16.7. The van der Waals surface area contributed by atoms with Crippen LogP contribution < -0.4 is 21.7 Å². The molecule has 0 bridgehead atoms. The zero-order valence-corrected chi connectivity index (χ0v) is 30.2. The van der Waals surface area contributed by atoms with Gasteiger partial charge in [-0.15, -0.1) is 0 Å². The zero-order chi connectivity index (χ0) is 39.0. The van der Waals surface area contributed by atoms with Gasteiger partial charge in [0.25, 0.3) is 5.91 Å². The van der Waals surface area contributed by atoms with Crippen molar-refractivity contribution in [2.45, 2.75) is 63.6 Å². The first kappa shape index (κ1) is 39.8. The number of carbonyl (C=O) groups excluding carboxylic acids is 6. The normalized spacial score (nSPS) is 19.3. The molecule has 292 valence electrons. The number of rotatable bonds is 15. The molecule has 2 aromatic carbocycles. The first-order chi connectivity index (χ1) is 26.7. The predicted octanol–water partition coefficient (Wildman–Crippen LogP) is 1.98. The highest BCUT2D eigenvalue weighted by molar-refractivity contribution is 6.02. The van der Waals surface area contributed by atoms with Crippen molar-refractivity contribution in [1.82, 2.24) is 25.8 Å². The van der Waals surface area contributed by atoms with Crippen LogP contribution in [0.1, 0.15) is 43.2 Å². The number of hydrogen-bond donors (Lipinski definition) is 4. The molecule has 3 atom stereocenters. The lowest BCUT2D eigenvalue weighted by atomic mass is 10.2. The molecule has 3 aliphatic rings. The molecule has 0 aliphatic carbocycles. The average Bonchev–Trinajstić information content (AvgIpc) is 3.99. The summed E-state index contributed by atoms with van der Waals surface area (Å²) in [5.74, 6) is -1.69. The number of carbonyl (C=O) groups is 6. The summed E-state index contributed by atoms with van der Waals surface area (Å²) in [6.45, 7) is 0.0413. The van der Waals surface area contributed by atoms with Crippen molar-refractivity contribution in [2.75, 3.05) is 32.8 Å². The molecule has 0 aromatic heterocycles. The summed E-state index contributed by atoms with van der Waals surface area (Å²) in [4.78, 5) is 82.1. The van der Waals surface area contributed by atoms with E-state index in [1.165, 1.54) is 22.1 Å². The molecule has 3 aliphatic heterocycles. The third-order valence-corrected chi connectivity index (χ3v) is 8.88. The Morgan fingerprint density at radius 2 is 1.31 bits per heavy atom. The van der Waals surface area contributed by atoms with Crippen molar-refractivity contribution in [3.8, 4) is 0 Å². The minimum absolute atomic E-state index is 0.0599. The van der Waals surface area contributed by atoms with Gasteiger partial charge in [0.1, 0.15) is 56.6 Å². The second kappa shape index (κ2) is 20.2. The quantitative estimate of drug-likeness (QED) is 0.0887. The Morgan fingerprint density at radius 1 is 0.764 bits per heavy atom. The lowest BCUT2D eigenvalue weighted by Gasteiger charge is -2.23. The lowest BCUT2D eigenvalue weighted by Crippen LogP contribution is -2.46. The van der Waals surface area contributed by atoms with Crippen molar-refractivity contribution in [3.63, 3.8) is 0 Å². The minimum Gasteiger partial charge on any atom is -0.471 e. The number of amides is 5. The number of amidine groups is 1. The smallest absolute Gasteiger partial charge is 0.407 e. The molecule has 0 unspecified atom stereocenters. The van der Waals surface area contributed by atoms with Crippen LogP contribution in [0.2, 0.25) is 0 Å². The van der Waals surface area contributed by atoms with Crippen molar-refractivity contribution >= 4 is 41.7 Å². The lowest BCUT2D eigenvalue weighted by molar-refractivity contribution is -0.153. The molecule has 2 fully saturated rings. The van der Waals surface area contributed by atoms with Gasteiger partial charge in [0.15, 0.2) is 6.23 Å². The fraction of sp³-hybridized carbons (Fsp3) is 0.395. The zero-order valence-electron chi connectivity index (χ0n) is 30.2. The van der Waals surface area contributed by atoms with E-state index in [2.05, 4.69) is 20.9 Å². The molecule has 0 spiro atoms. The summed E-state index contributed by atoms with van der Waals surface area (Å²) in [5, 5.41) is 7.83. The Bertz CT molecular complexity index is 1770. The number of likely N-dealkylation sites (tertiary alicyclic amines) is 2. The van der Waals surface area contributed by atoms with Gasteiger partial charge in [-0.25, -0.2) is 14.4 Å². The van der Waals surface area contributed by atoms with Gasteiger partial charge in [-0.1, -0.05) is 60.7 Å². The maximum Gasteiger partial charge on any atom is 0.407 e. The number of alkyl carbamates (subject to hydrolysis) is 2. The number of nitrogens with zero attached hydrogens (tertiary/aromatic N) is 3. The summed E-state index contributed by atoms with van der Waals surface area (Å²) in [7, 11) is 0. The number of esters is 1. The van der Waals surface area contributed by atoms with E-state index in [9.17, 15) is 28.8 Å². The van der Waals surface area contributed by atoms with Crippen LogP contribution in [-0.4, -0.2) is 103 Å². The van der Waals surface area contributed by atoms with Gasteiger partial charge < -0.3 is 50.4 Å². The molecule has 17 heteroatoms. The standard InChI is InChI=1S/C38H45N7O10/c39-31(43-35(48)29-13-7-19-44(29)33(46)21-41-37(50)53-23-26-9-3-1-4-10-26)17-18-40-32-16-15-28(55-32)25-52-36(49)30-14-8-20-45(30)34(47)22-42-38(51)54-24-27-11-5-2-6-12-27/h1-6,9-12,15,17-18,29-30,32,40H,7-8,13-14,16,19-25H2,(H,41,50)(H,42,51)(H2,39,43,48)/b18-17-/t29-,30-,32-/m1/s1. The Kier molecular flexibility index (Phi) is 14.6. The molecule has 0 saturated carbocycles. The van der Waals surface area contributed by atoms with Gasteiger partial charge in [0.05, 0.1) is 0 Å². The maximum atomic E-state index is 12.9. The molecule has 2 aromatic rings. The van der Waals surface area contributed by atoms with E-state index in [4.69, 9.17) is 24.7 Å². The van der Waals surface area contributed by atoms with Gasteiger partial charge >= 0.3 is 18.2 Å². The molecule has 5 rings (SSSR count). The third-order valence-electron chi connectivity index (χ3n) is 8.88. The van der Waals surface area contributed by atoms with Crippen molar-refractivity contribution in [3.05, 3.63) is 95.9 Å². The topological polar surface area (TPSA) is 220 Å². The van der Waals surface area contributed by atoms with E-state index < -0.39 is 54.2 Å². The van der Waals surface area contributed by atoms with E-state index in [1.807, 2.05) is 60.7 Å². The SMILES string of the molecule is NC(/C=C\N[C@H]1CC=C(COC(=O)[C@H]2CCCN2C(=O)CNC(=O)OCc2ccccc2)O1)=NC(=O)[C@H]1CCCN1C(=O)CNC(=O)OCc1ccccc1. The number of ether oxygens (including phenoxy) is 4. The van der Waals surface area contributed by atoms with Crippen LogP contribution in [0.25, 0.3) is 0 Å². The van der Waals surface area contributed by atoms with Crippen LogP contribution in [0.3, 0.4) is 0 Å². The van der Waals surface area contributed by atoms with Gasteiger partial charge in [-0.05, 0) is 49.0 Å². The highest BCUT2D eigenvalue weighted by Gasteiger charge is 2.36. The molecule has 0 radical (unpaired) electrons. The molecular weight excluding hydrogens is 714 g/mol. The van der Waals surface area contributed by atoms with Crippen LogP contribution in [0.15, 0.2) is 89.8 Å². The number of nitrogens with two attached hydrogens (primary N) is 1. The van der Waals surface area contributed by atoms with Gasteiger partial charge in [0, 0.05) is 25.7 Å². The molecule has 2 saturated heterocycles. The maximum absolute atomic E-state index is 12.9. The van der Waals surface area contributed by atoms with Crippen molar-refractivity contribution in [1.29, 1.82) is 0 Å². The van der Waals surface area contributed by atoms with Crippen LogP contribution in [0.4, 0.5) is 9.59 Å². The first-order valence-corrected chi connectivity index (χ1v) is 18.0. The summed E-state index contributed by atoms with van der Waals surface area (Å²) < 4.78 is 21.5. The second-order valence-electron chi connectivity index (χ2n) is 12.8. The highest BCUT2D eigenvalue weighted by Crippen LogP contribution is 2.21. The van der Waals surface area contributed by atoms with Crippen LogP contribution >= 0.6 is 0 Å². The molecule has 5 N–H and O–H groups in total. The summed E-state index contributed by atoms with van der Waals surface area (Å²) >= 11 is 0. The third kappa shape index (κ3) is 12.3. The van der Waals surface area contributed by atoms with E-state index in [0.29, 0.717) is 51.0 Å². The Balaban J connectivity index is 0.969. The Morgan fingerprint density at radius 3 is 1.89 bits per heavy atom. The predicted molar refractivity (Wildman–Crippen MR) is 196 cm³/mol. The van der Waals surface area contributed by atoms with E-state index in [-0.39, 0.29) is 38.7 Å². The van der Waals surface area contributed by atoms with Gasteiger partial charge in [-0.3, -0.25) is 14.4 Å². The number of hydrogen-bond acceptors (Lipinski definition) is 11. The largest absolute Gasteiger partial charge is 0.471 e. The minimum atomic E-state index is -0.803. The Labute approximate surface area is 317 Å². The summed E-state index contributed by atoms with van der Waals surface area (Å²) in [6.07, 6.45) is 5.12. The fourth-order valence-corrected chi connectivity index (χ4v) is 6.11. The fourth-order valence-electron chi connectivity index (χ4n) is 6.11. The van der Waals surface area contributed by atoms with Crippen LogP contribution in [0.5, 0.6) is 0 Å². The molecule has 17 nitrogen and oxygen atoms in total. The molecular formula is C38H45N7O10. The first-order valence-electron chi connectivity index (χ1n) is 18.0. The highest BCUT2D eigenvalue weighted by atomic mass is 16.6. The molecule has 5 amide bonds. The van der Waals surface area contributed by atoms with Crippen LogP contribution in [0, 0.1) is 0 Å². The second-order valence-corrected chi connectivity index (χ2v) is 12.8. The van der Waals surface area contributed by atoms with E-state index in [1.54, 1.807) is 6.08 Å². The number of aliphatic imine (C=N–C) groups is 1. The van der Waals surface area contributed by atoms with Gasteiger partial charge in [0.2, 0.25) is 11.8 Å². The number of benzene rings is 2. The van der Waals surface area contributed by atoms with Crippen LogP contribution in [-0.2, 0) is 51.3 Å². The van der Waals surface area contributed by atoms with Crippen molar-refractivity contribution < 1.29 is 47.7 Å². The average molecular weight is 760 g/mol. The van der Waals surface area contributed by atoms with E-state index in [0.717, 1.165) is 11.1 Å². The molecule has 3 heterocycles. The van der Waals surface area contributed by atoms with Gasteiger partial charge in [-0.2, -0.15) is 4.99 Å². The molecule has 55 heavy (non-hydrogen) atoms. The van der Waals surface area contributed by atoms with Crippen molar-refractivity contribution in [2.24, 2.45) is 10.7 Å². The Hall–Kier alpha value is -6.39. The number of nitrogens with one attached hydrogen (secondary N) is 3. The monoisotopic (exact) mass is 759 g/mol.